The van der Waals surface area contributed by atoms with Crippen molar-refractivity contribution in [1.29, 1.82) is 0 Å². The molecule has 0 saturated carbocycles. The first-order valence-corrected chi connectivity index (χ1v) is 11.9. The van der Waals surface area contributed by atoms with Gasteiger partial charge in [-0.05, 0) is 43.4 Å². The molecule has 0 aliphatic carbocycles. The quantitative estimate of drug-likeness (QED) is 0.295. The number of hydrogen-bond donors (Lipinski definition) is 5. The minimum Gasteiger partial charge on any atom is -0.478 e. The number of aromatic carboxylic acids is 2. The predicted molar refractivity (Wildman–Crippen MR) is 132 cm³/mol. The lowest BCUT2D eigenvalue weighted by molar-refractivity contribution is 0.0688. The van der Waals surface area contributed by atoms with Gasteiger partial charge in [0.2, 0.25) is 5.95 Å². The van der Waals surface area contributed by atoms with Crippen molar-refractivity contribution in [3.05, 3.63) is 52.0 Å². The number of hydrogen-bond acceptors (Lipinski definition) is 10. The Morgan fingerprint density at radius 3 is 2.57 bits per heavy atom. The smallest absolute Gasteiger partial charge is 0.347 e. The second-order valence-corrected chi connectivity index (χ2v) is 9.29. The average Bonchev–Trinajstić information content (AvgIpc) is 3.23. The van der Waals surface area contributed by atoms with Crippen LogP contribution in [0.3, 0.4) is 0 Å². The average molecular weight is 499 g/mol. The van der Waals surface area contributed by atoms with Gasteiger partial charge >= 0.3 is 11.9 Å². The van der Waals surface area contributed by atoms with E-state index in [-0.39, 0.29) is 28.9 Å². The number of carboxylic acid groups (broad SMARTS) is 2. The third kappa shape index (κ3) is 6.03. The molecule has 0 radical (unpaired) electrons. The van der Waals surface area contributed by atoms with E-state index in [4.69, 9.17) is 5.11 Å². The molecule has 5 N–H and O–H groups in total. The molecule has 1 atom stereocenters. The minimum atomic E-state index is -1.04. The topological polar surface area (TPSA) is 161 Å². The molecule has 1 aliphatic rings. The summed E-state index contributed by atoms with van der Waals surface area (Å²) in [6, 6.07) is 8.39. The van der Waals surface area contributed by atoms with Crippen LogP contribution in [0.2, 0.25) is 0 Å². The number of nitrogens with one attached hydrogen (secondary N) is 2. The van der Waals surface area contributed by atoms with Crippen LogP contribution in [-0.2, 0) is 6.54 Å². The number of benzene rings is 1. The number of aliphatic hydroxyl groups is 1. The third-order valence-corrected chi connectivity index (χ3v) is 6.76. The van der Waals surface area contributed by atoms with Crippen LogP contribution in [0.4, 0.5) is 22.7 Å². The second kappa shape index (κ2) is 10.7. The van der Waals surface area contributed by atoms with E-state index in [2.05, 4.69) is 30.5 Å². The van der Waals surface area contributed by atoms with Crippen LogP contribution >= 0.6 is 11.3 Å². The Bertz CT molecular complexity index is 1220. The summed E-state index contributed by atoms with van der Waals surface area (Å²) in [6.45, 7) is 3.62. The zero-order valence-electron chi connectivity index (χ0n) is 19.1. The zero-order chi connectivity index (χ0) is 24.9. The lowest BCUT2D eigenvalue weighted by atomic mass is 9.99. The molecular weight excluding hydrogens is 472 g/mol. The minimum absolute atomic E-state index is 0.112. The van der Waals surface area contributed by atoms with Crippen molar-refractivity contribution < 1.29 is 24.9 Å². The normalized spacial score (nSPS) is 15.6. The summed E-state index contributed by atoms with van der Waals surface area (Å²) >= 11 is 1.01. The lowest BCUT2D eigenvalue weighted by Gasteiger charge is -2.33. The molecular formula is C23H26N6O5S. The molecule has 1 unspecified atom stereocenters. The van der Waals surface area contributed by atoms with Crippen molar-refractivity contribution in [2.24, 2.45) is 5.92 Å². The van der Waals surface area contributed by atoms with E-state index in [0.29, 0.717) is 35.6 Å². The summed E-state index contributed by atoms with van der Waals surface area (Å²) in [7, 11) is 0. The number of aromatic nitrogens is 3. The largest absolute Gasteiger partial charge is 0.478 e. The van der Waals surface area contributed by atoms with E-state index in [1.165, 1.54) is 0 Å². The van der Waals surface area contributed by atoms with Crippen molar-refractivity contribution >= 4 is 46.0 Å². The van der Waals surface area contributed by atoms with Crippen LogP contribution < -0.4 is 15.5 Å². The van der Waals surface area contributed by atoms with Gasteiger partial charge in [-0.3, -0.25) is 5.32 Å². The fraction of sp³-hybridized carbons (Fsp3) is 0.348. The number of aryl methyl sites for hydroxylation is 1. The van der Waals surface area contributed by atoms with E-state index in [1.54, 1.807) is 31.2 Å². The molecule has 3 aromatic rings. The van der Waals surface area contributed by atoms with Gasteiger partial charge in [0.1, 0.15) is 16.5 Å². The molecule has 12 heteroatoms. The second-order valence-electron chi connectivity index (χ2n) is 8.29. The van der Waals surface area contributed by atoms with Gasteiger partial charge in [0, 0.05) is 32.3 Å². The summed E-state index contributed by atoms with van der Waals surface area (Å²) in [5.41, 5.74) is 1.50. The summed E-state index contributed by atoms with van der Waals surface area (Å²) in [5.74, 6) is -0.370. The standard InChI is InChI=1S/C23H26N6O5S/c1-13-19(21(33)34)35-23(25-13)28-22-26-17(24-10-14-4-6-16(7-5-14)20(31)32)9-18(27-22)29-8-2-3-15(11-29)12-30/h4-7,9,15,30H,2-3,8,10-12H2,1H3,(H,31,32)(H,33,34)(H2,24,25,26,27,28). The predicted octanol–water partition coefficient (Wildman–Crippen LogP) is 3.20. The number of rotatable bonds is 9. The maximum atomic E-state index is 11.4. The third-order valence-electron chi connectivity index (χ3n) is 5.70. The Labute approximate surface area is 205 Å². The molecule has 1 saturated heterocycles. The molecule has 0 amide bonds. The first-order valence-electron chi connectivity index (χ1n) is 11.1. The van der Waals surface area contributed by atoms with Crippen LogP contribution in [0.5, 0.6) is 0 Å². The Morgan fingerprint density at radius 2 is 1.91 bits per heavy atom. The van der Waals surface area contributed by atoms with Crippen LogP contribution in [0.1, 0.15) is 44.1 Å². The van der Waals surface area contributed by atoms with Crippen molar-refractivity contribution in [3.8, 4) is 0 Å². The summed E-state index contributed by atoms with van der Waals surface area (Å²) in [4.78, 5) is 38.1. The maximum absolute atomic E-state index is 11.4. The van der Waals surface area contributed by atoms with Crippen molar-refractivity contribution in [2.45, 2.75) is 26.3 Å². The van der Waals surface area contributed by atoms with Gasteiger partial charge in [-0.25, -0.2) is 14.6 Å². The van der Waals surface area contributed by atoms with Crippen LogP contribution in [0.25, 0.3) is 0 Å². The van der Waals surface area contributed by atoms with Crippen LogP contribution in [0, 0.1) is 12.8 Å². The summed E-state index contributed by atoms with van der Waals surface area (Å²) < 4.78 is 0. The molecule has 11 nitrogen and oxygen atoms in total. The molecule has 4 rings (SSSR count). The number of thiazole rings is 1. The number of nitrogens with zero attached hydrogens (tertiary/aromatic N) is 4. The Kier molecular flexibility index (Phi) is 7.42. The van der Waals surface area contributed by atoms with E-state index in [0.717, 1.165) is 36.3 Å². The highest BCUT2D eigenvalue weighted by molar-refractivity contribution is 7.17. The van der Waals surface area contributed by atoms with Gasteiger partial charge in [-0.1, -0.05) is 23.5 Å². The van der Waals surface area contributed by atoms with Crippen LogP contribution in [0.15, 0.2) is 30.3 Å². The van der Waals surface area contributed by atoms with Gasteiger partial charge in [-0.15, -0.1) is 0 Å². The molecule has 184 valence electrons. The van der Waals surface area contributed by atoms with Crippen LogP contribution in [-0.4, -0.2) is 61.9 Å². The zero-order valence-corrected chi connectivity index (χ0v) is 19.9. The molecule has 1 aromatic carbocycles. The molecule has 1 aliphatic heterocycles. The highest BCUT2D eigenvalue weighted by atomic mass is 32.1. The fourth-order valence-corrected chi connectivity index (χ4v) is 4.67. The highest BCUT2D eigenvalue weighted by Crippen LogP contribution is 2.28. The number of anilines is 4. The number of piperidine rings is 1. The highest BCUT2D eigenvalue weighted by Gasteiger charge is 2.22. The maximum Gasteiger partial charge on any atom is 0.347 e. The van der Waals surface area contributed by atoms with E-state index >= 15 is 0 Å². The molecule has 3 heterocycles. The number of carboxylic acids is 2. The molecule has 0 spiro atoms. The summed E-state index contributed by atoms with van der Waals surface area (Å²) in [5, 5.41) is 34.7. The lowest BCUT2D eigenvalue weighted by Crippen LogP contribution is -2.37. The van der Waals surface area contributed by atoms with E-state index in [1.807, 2.05) is 6.07 Å². The number of carbonyl (C=O) groups is 2. The molecule has 0 bridgehead atoms. The fourth-order valence-electron chi connectivity index (χ4n) is 3.87. The SMILES string of the molecule is Cc1nc(Nc2nc(NCc3ccc(C(=O)O)cc3)cc(N3CCCC(CO)C3)n2)sc1C(=O)O. The Hall–Kier alpha value is -3.77. The van der Waals surface area contributed by atoms with Crippen molar-refractivity contribution in [1.82, 2.24) is 15.0 Å². The van der Waals surface area contributed by atoms with Gasteiger partial charge in [0.25, 0.3) is 0 Å². The summed E-state index contributed by atoms with van der Waals surface area (Å²) in [6.07, 6.45) is 1.89. The first kappa shape index (κ1) is 24.4. The van der Waals surface area contributed by atoms with Gasteiger partial charge in [0.15, 0.2) is 5.13 Å². The number of aliphatic hydroxyl groups excluding tert-OH is 1. The van der Waals surface area contributed by atoms with Crippen molar-refractivity contribution in [3.63, 3.8) is 0 Å². The van der Waals surface area contributed by atoms with E-state index < -0.39 is 11.9 Å². The molecule has 1 fully saturated rings. The molecule has 35 heavy (non-hydrogen) atoms. The monoisotopic (exact) mass is 498 g/mol. The Morgan fingerprint density at radius 1 is 1.14 bits per heavy atom. The molecule has 2 aromatic heterocycles. The van der Waals surface area contributed by atoms with E-state index in [9.17, 15) is 19.8 Å². The van der Waals surface area contributed by atoms with Gasteiger partial charge in [-0.2, -0.15) is 9.97 Å². The first-order chi connectivity index (χ1) is 16.8. The Balaban J connectivity index is 1.58. The van der Waals surface area contributed by atoms with Gasteiger partial charge in [0.05, 0.1) is 11.3 Å². The van der Waals surface area contributed by atoms with Crippen molar-refractivity contribution in [2.75, 3.05) is 35.2 Å². The van der Waals surface area contributed by atoms with Gasteiger partial charge < -0.3 is 25.5 Å².